The van der Waals surface area contributed by atoms with Crippen LogP contribution in [-0.4, -0.2) is 29.7 Å². The minimum Gasteiger partial charge on any atom is -0.346 e. The molecule has 0 fully saturated rings. The molecule has 3 aromatic carbocycles. The maximum atomic E-state index is 12.6. The third-order valence-corrected chi connectivity index (χ3v) is 4.97. The van der Waals surface area contributed by atoms with E-state index < -0.39 is 0 Å². The highest BCUT2D eigenvalue weighted by Crippen LogP contribution is 2.24. The van der Waals surface area contributed by atoms with Gasteiger partial charge in [-0.05, 0) is 47.5 Å². The van der Waals surface area contributed by atoms with Crippen LogP contribution in [0.1, 0.15) is 49.6 Å². The fourth-order valence-electron chi connectivity index (χ4n) is 3.34. The van der Waals surface area contributed by atoms with Crippen molar-refractivity contribution in [1.82, 2.24) is 10.2 Å². The summed E-state index contributed by atoms with van der Waals surface area (Å²) in [6.45, 7) is 1.91. The first-order valence-electron chi connectivity index (χ1n) is 8.71. The van der Waals surface area contributed by atoms with Crippen molar-refractivity contribution in [3.63, 3.8) is 0 Å². The Balaban J connectivity index is 1.57. The van der Waals surface area contributed by atoms with Crippen molar-refractivity contribution in [2.75, 3.05) is 7.05 Å². The van der Waals surface area contributed by atoms with Crippen LogP contribution < -0.4 is 5.32 Å². The van der Waals surface area contributed by atoms with Crippen LogP contribution >= 0.6 is 0 Å². The molecule has 1 unspecified atom stereocenters. The Hall–Kier alpha value is -3.47. The lowest BCUT2D eigenvalue weighted by atomic mass is 10.0. The molecular formula is C22H18N2O3. The molecule has 1 aliphatic heterocycles. The van der Waals surface area contributed by atoms with E-state index >= 15 is 0 Å². The zero-order chi connectivity index (χ0) is 19.1. The van der Waals surface area contributed by atoms with Crippen LogP contribution in [-0.2, 0) is 0 Å². The Morgan fingerprint density at radius 3 is 2.37 bits per heavy atom. The molecule has 0 saturated heterocycles. The summed E-state index contributed by atoms with van der Waals surface area (Å²) in [5.74, 6) is -1.01. The second-order valence-electron chi connectivity index (χ2n) is 6.73. The molecule has 1 heterocycles. The van der Waals surface area contributed by atoms with E-state index in [4.69, 9.17) is 0 Å². The fraction of sp³-hybridized carbons (Fsp3) is 0.136. The van der Waals surface area contributed by atoms with E-state index in [9.17, 15) is 14.4 Å². The van der Waals surface area contributed by atoms with Gasteiger partial charge in [-0.3, -0.25) is 19.3 Å². The lowest BCUT2D eigenvalue weighted by molar-refractivity contribution is 0.0693. The molecule has 0 bridgehead atoms. The minimum absolute atomic E-state index is 0.199. The number of carbonyl (C=O) groups is 3. The van der Waals surface area contributed by atoms with Crippen LogP contribution in [0.2, 0.25) is 0 Å². The standard InChI is InChI=1S/C22H18N2O3/c1-13(15-8-7-14-5-3-4-6-16(14)11-15)23-20(25)17-9-10-18-19(12-17)22(27)24(2)21(18)26/h3-13H,1-2H3,(H,23,25). The predicted octanol–water partition coefficient (Wildman–Crippen LogP) is 3.56. The Morgan fingerprint density at radius 1 is 0.889 bits per heavy atom. The van der Waals surface area contributed by atoms with Gasteiger partial charge in [-0.1, -0.05) is 36.4 Å². The number of carbonyl (C=O) groups excluding carboxylic acids is 3. The molecule has 3 aromatic rings. The van der Waals surface area contributed by atoms with Crippen LogP contribution in [0.4, 0.5) is 0 Å². The average molecular weight is 358 g/mol. The molecular weight excluding hydrogens is 340 g/mol. The number of hydrogen-bond acceptors (Lipinski definition) is 3. The van der Waals surface area contributed by atoms with Crippen LogP contribution in [0.5, 0.6) is 0 Å². The van der Waals surface area contributed by atoms with Gasteiger partial charge in [0, 0.05) is 12.6 Å². The molecule has 1 aliphatic rings. The topological polar surface area (TPSA) is 66.5 Å². The van der Waals surface area contributed by atoms with Crippen molar-refractivity contribution < 1.29 is 14.4 Å². The van der Waals surface area contributed by atoms with E-state index in [2.05, 4.69) is 11.4 Å². The quantitative estimate of drug-likeness (QED) is 0.728. The molecule has 134 valence electrons. The van der Waals surface area contributed by atoms with Gasteiger partial charge in [0.25, 0.3) is 17.7 Å². The molecule has 3 amide bonds. The number of imide groups is 1. The highest BCUT2D eigenvalue weighted by Gasteiger charge is 2.33. The van der Waals surface area contributed by atoms with Crippen LogP contribution in [0.3, 0.4) is 0 Å². The van der Waals surface area contributed by atoms with Crippen molar-refractivity contribution >= 4 is 28.5 Å². The maximum Gasteiger partial charge on any atom is 0.261 e. The molecule has 0 radical (unpaired) electrons. The van der Waals surface area contributed by atoms with Crippen molar-refractivity contribution in [3.8, 4) is 0 Å². The van der Waals surface area contributed by atoms with Gasteiger partial charge in [0.1, 0.15) is 0 Å². The summed E-state index contributed by atoms with van der Waals surface area (Å²) in [5.41, 5.74) is 1.96. The van der Waals surface area contributed by atoms with Gasteiger partial charge in [0.15, 0.2) is 0 Å². The highest BCUT2D eigenvalue weighted by atomic mass is 16.2. The van der Waals surface area contributed by atoms with E-state index in [1.54, 1.807) is 6.07 Å². The number of benzene rings is 3. The Bertz CT molecular complexity index is 1100. The Morgan fingerprint density at radius 2 is 1.59 bits per heavy atom. The van der Waals surface area contributed by atoms with E-state index in [0.717, 1.165) is 21.2 Å². The van der Waals surface area contributed by atoms with E-state index in [1.165, 1.54) is 19.2 Å². The number of nitrogens with zero attached hydrogens (tertiary/aromatic N) is 1. The Kier molecular flexibility index (Phi) is 4.00. The van der Waals surface area contributed by atoms with Crippen LogP contribution in [0, 0.1) is 0 Å². The zero-order valence-electron chi connectivity index (χ0n) is 15.0. The lowest BCUT2D eigenvalue weighted by Gasteiger charge is -2.15. The zero-order valence-corrected chi connectivity index (χ0v) is 15.0. The van der Waals surface area contributed by atoms with Crippen molar-refractivity contribution in [1.29, 1.82) is 0 Å². The molecule has 1 N–H and O–H groups in total. The molecule has 0 aliphatic carbocycles. The smallest absolute Gasteiger partial charge is 0.261 e. The summed E-state index contributed by atoms with van der Waals surface area (Å²) in [5, 5.41) is 5.21. The van der Waals surface area contributed by atoms with Crippen molar-refractivity contribution in [2.24, 2.45) is 0 Å². The maximum absolute atomic E-state index is 12.6. The summed E-state index contributed by atoms with van der Waals surface area (Å²) >= 11 is 0. The molecule has 1 atom stereocenters. The predicted molar refractivity (Wildman–Crippen MR) is 103 cm³/mol. The molecule has 0 aromatic heterocycles. The van der Waals surface area contributed by atoms with Gasteiger partial charge < -0.3 is 5.32 Å². The summed E-state index contributed by atoms with van der Waals surface area (Å²) < 4.78 is 0. The summed E-state index contributed by atoms with van der Waals surface area (Å²) in [4.78, 5) is 37.8. The number of amides is 3. The van der Waals surface area contributed by atoms with Crippen molar-refractivity contribution in [2.45, 2.75) is 13.0 Å². The normalized spacial score (nSPS) is 14.4. The van der Waals surface area contributed by atoms with Crippen molar-refractivity contribution in [3.05, 3.63) is 82.9 Å². The lowest BCUT2D eigenvalue weighted by Crippen LogP contribution is -2.27. The van der Waals surface area contributed by atoms with Gasteiger partial charge in [-0.2, -0.15) is 0 Å². The minimum atomic E-state index is -0.382. The molecule has 0 spiro atoms. The Labute approximate surface area is 156 Å². The molecule has 5 nitrogen and oxygen atoms in total. The number of rotatable bonds is 3. The first-order valence-corrected chi connectivity index (χ1v) is 8.71. The first kappa shape index (κ1) is 17.0. The molecule has 0 saturated carbocycles. The number of nitrogens with one attached hydrogen (secondary N) is 1. The second-order valence-corrected chi connectivity index (χ2v) is 6.73. The average Bonchev–Trinajstić information content (AvgIpc) is 2.91. The fourth-order valence-corrected chi connectivity index (χ4v) is 3.34. The van der Waals surface area contributed by atoms with Crippen LogP contribution in [0.15, 0.2) is 60.7 Å². The van der Waals surface area contributed by atoms with Gasteiger partial charge in [0.05, 0.1) is 17.2 Å². The third-order valence-electron chi connectivity index (χ3n) is 4.97. The number of fused-ring (bicyclic) bond motifs is 2. The molecule has 27 heavy (non-hydrogen) atoms. The second kappa shape index (κ2) is 6.36. The van der Waals surface area contributed by atoms with E-state index in [1.807, 2.05) is 43.3 Å². The monoisotopic (exact) mass is 358 g/mol. The van der Waals surface area contributed by atoms with E-state index in [0.29, 0.717) is 11.1 Å². The summed E-state index contributed by atoms with van der Waals surface area (Å²) in [6.07, 6.45) is 0. The number of hydrogen-bond donors (Lipinski definition) is 1. The van der Waals surface area contributed by atoms with Gasteiger partial charge in [-0.15, -0.1) is 0 Å². The molecule has 5 heteroatoms. The van der Waals surface area contributed by atoms with Gasteiger partial charge >= 0.3 is 0 Å². The summed E-state index contributed by atoms with van der Waals surface area (Å²) in [6, 6.07) is 18.5. The van der Waals surface area contributed by atoms with E-state index in [-0.39, 0.29) is 29.3 Å². The van der Waals surface area contributed by atoms with Gasteiger partial charge in [-0.25, -0.2) is 0 Å². The van der Waals surface area contributed by atoms with Gasteiger partial charge in [0.2, 0.25) is 0 Å². The third kappa shape index (κ3) is 2.87. The summed E-state index contributed by atoms with van der Waals surface area (Å²) in [7, 11) is 1.44. The van der Waals surface area contributed by atoms with Crippen LogP contribution in [0.25, 0.3) is 10.8 Å². The largest absolute Gasteiger partial charge is 0.346 e. The highest BCUT2D eigenvalue weighted by molar-refractivity contribution is 6.21. The molecule has 4 rings (SSSR count). The first-order chi connectivity index (χ1) is 13.0. The SMILES string of the molecule is CC(NC(=O)c1ccc2c(c1)C(=O)N(C)C2=O)c1ccc2ccccc2c1.